The van der Waals surface area contributed by atoms with Crippen LogP contribution in [0.15, 0.2) is 6.07 Å². The van der Waals surface area contributed by atoms with Crippen LogP contribution in [0.5, 0.6) is 0 Å². The lowest BCUT2D eigenvalue weighted by atomic mass is 10.3. The van der Waals surface area contributed by atoms with E-state index in [1.54, 1.807) is 11.9 Å². The van der Waals surface area contributed by atoms with Gasteiger partial charge in [0.2, 0.25) is 5.91 Å². The molecule has 7 nitrogen and oxygen atoms in total. The molecule has 0 aliphatic rings. The standard InChI is InChI=1S/C13H20N6O/c1-9-7-10(2)19(17-9)6-5-13(20)18(4)8-12-14-11(3)15-16-12/h7H,5-6,8H2,1-4H3,(H,14,15,16). The highest BCUT2D eigenvalue weighted by molar-refractivity contribution is 5.75. The van der Waals surface area contributed by atoms with E-state index in [2.05, 4.69) is 20.3 Å². The van der Waals surface area contributed by atoms with E-state index in [0.29, 0.717) is 25.3 Å². The predicted octanol–water partition coefficient (Wildman–Crippen LogP) is 0.975. The molecule has 2 rings (SSSR count). The van der Waals surface area contributed by atoms with E-state index in [4.69, 9.17) is 0 Å². The van der Waals surface area contributed by atoms with Gasteiger partial charge in [-0.15, -0.1) is 0 Å². The van der Waals surface area contributed by atoms with E-state index in [1.165, 1.54) is 0 Å². The van der Waals surface area contributed by atoms with Crippen molar-refractivity contribution in [3.05, 3.63) is 29.1 Å². The molecular weight excluding hydrogens is 256 g/mol. The molecule has 0 fully saturated rings. The van der Waals surface area contributed by atoms with Crippen LogP contribution in [0.4, 0.5) is 0 Å². The molecule has 0 spiro atoms. The van der Waals surface area contributed by atoms with Gasteiger partial charge in [0, 0.05) is 25.7 Å². The topological polar surface area (TPSA) is 79.7 Å². The Balaban J connectivity index is 1.86. The van der Waals surface area contributed by atoms with E-state index in [0.717, 1.165) is 17.2 Å². The third kappa shape index (κ3) is 3.43. The third-order valence-electron chi connectivity index (χ3n) is 3.09. The molecule has 0 aromatic carbocycles. The van der Waals surface area contributed by atoms with Gasteiger partial charge in [0.25, 0.3) is 0 Å². The molecular formula is C13H20N6O. The van der Waals surface area contributed by atoms with E-state index >= 15 is 0 Å². The Kier molecular flexibility index (Phi) is 4.16. The molecule has 2 heterocycles. The van der Waals surface area contributed by atoms with Crippen LogP contribution in [0.3, 0.4) is 0 Å². The number of nitrogens with zero attached hydrogens (tertiary/aromatic N) is 5. The minimum absolute atomic E-state index is 0.0556. The monoisotopic (exact) mass is 276 g/mol. The van der Waals surface area contributed by atoms with E-state index < -0.39 is 0 Å². The number of carbonyl (C=O) groups excluding carboxylic acids is 1. The second-order valence-electron chi connectivity index (χ2n) is 4.99. The number of aromatic amines is 1. The number of aromatic nitrogens is 5. The maximum Gasteiger partial charge on any atom is 0.224 e. The Morgan fingerprint density at radius 1 is 1.40 bits per heavy atom. The Labute approximate surface area is 118 Å². The van der Waals surface area contributed by atoms with Gasteiger partial charge in [0.15, 0.2) is 5.82 Å². The molecule has 0 aliphatic carbocycles. The number of amides is 1. The van der Waals surface area contributed by atoms with E-state index in [9.17, 15) is 4.79 Å². The molecule has 2 aromatic rings. The summed E-state index contributed by atoms with van der Waals surface area (Å²) in [5.74, 6) is 1.44. The SMILES string of the molecule is Cc1cc(C)n(CCC(=O)N(C)Cc2n[nH]c(C)n2)n1. The summed E-state index contributed by atoms with van der Waals surface area (Å²) in [6.45, 7) is 6.78. The molecule has 1 N–H and O–H groups in total. The van der Waals surface area contributed by atoms with E-state index in [1.807, 2.05) is 31.5 Å². The number of hydrogen-bond donors (Lipinski definition) is 1. The first-order valence-electron chi connectivity index (χ1n) is 6.58. The fraction of sp³-hybridized carbons (Fsp3) is 0.538. The number of carbonyl (C=O) groups is 1. The van der Waals surface area contributed by atoms with Crippen LogP contribution in [0.25, 0.3) is 0 Å². The molecule has 2 aromatic heterocycles. The van der Waals surface area contributed by atoms with Crippen LogP contribution < -0.4 is 0 Å². The first-order valence-corrected chi connectivity index (χ1v) is 6.58. The molecule has 7 heteroatoms. The molecule has 0 unspecified atom stereocenters. The van der Waals surface area contributed by atoms with Crippen molar-refractivity contribution in [2.75, 3.05) is 7.05 Å². The number of aryl methyl sites for hydroxylation is 4. The average Bonchev–Trinajstić information content (AvgIpc) is 2.92. The summed E-state index contributed by atoms with van der Waals surface area (Å²) in [7, 11) is 1.76. The largest absolute Gasteiger partial charge is 0.338 e. The van der Waals surface area contributed by atoms with Crippen LogP contribution >= 0.6 is 0 Å². The summed E-state index contributed by atoms with van der Waals surface area (Å²) < 4.78 is 1.86. The minimum Gasteiger partial charge on any atom is -0.338 e. The normalized spacial score (nSPS) is 10.8. The number of H-pyrrole nitrogens is 1. The van der Waals surface area contributed by atoms with Gasteiger partial charge in [0.1, 0.15) is 5.82 Å². The molecule has 0 bridgehead atoms. The first kappa shape index (κ1) is 14.2. The van der Waals surface area contributed by atoms with Gasteiger partial charge >= 0.3 is 0 Å². The van der Waals surface area contributed by atoms with Crippen molar-refractivity contribution >= 4 is 5.91 Å². The summed E-state index contributed by atoms with van der Waals surface area (Å²) in [5, 5.41) is 11.1. The van der Waals surface area contributed by atoms with Gasteiger partial charge in [-0.2, -0.15) is 10.2 Å². The second-order valence-corrected chi connectivity index (χ2v) is 4.99. The average molecular weight is 276 g/mol. The smallest absolute Gasteiger partial charge is 0.224 e. The molecule has 1 amide bonds. The molecule has 0 aliphatic heterocycles. The Morgan fingerprint density at radius 2 is 2.15 bits per heavy atom. The minimum atomic E-state index is 0.0556. The Hall–Kier alpha value is -2.18. The van der Waals surface area contributed by atoms with Gasteiger partial charge in [0.05, 0.1) is 12.2 Å². The second kappa shape index (κ2) is 5.85. The Morgan fingerprint density at radius 3 is 2.70 bits per heavy atom. The number of nitrogens with one attached hydrogen (secondary N) is 1. The highest BCUT2D eigenvalue weighted by Crippen LogP contribution is 2.05. The summed E-state index contributed by atoms with van der Waals surface area (Å²) in [6.07, 6.45) is 0.419. The van der Waals surface area contributed by atoms with Crippen molar-refractivity contribution in [1.29, 1.82) is 0 Å². The fourth-order valence-corrected chi connectivity index (χ4v) is 2.05. The molecule has 108 valence electrons. The zero-order valence-electron chi connectivity index (χ0n) is 12.3. The van der Waals surface area contributed by atoms with Crippen LogP contribution in [0, 0.1) is 20.8 Å². The van der Waals surface area contributed by atoms with Gasteiger partial charge in [-0.3, -0.25) is 14.6 Å². The zero-order valence-corrected chi connectivity index (χ0v) is 12.3. The predicted molar refractivity (Wildman–Crippen MR) is 73.9 cm³/mol. The third-order valence-corrected chi connectivity index (χ3v) is 3.09. The summed E-state index contributed by atoms with van der Waals surface area (Å²) in [6, 6.07) is 2.00. The maximum absolute atomic E-state index is 12.1. The van der Waals surface area contributed by atoms with Gasteiger partial charge in [-0.05, 0) is 26.8 Å². The van der Waals surface area contributed by atoms with Gasteiger partial charge < -0.3 is 4.90 Å². The number of rotatable bonds is 5. The van der Waals surface area contributed by atoms with Crippen molar-refractivity contribution in [2.45, 2.75) is 40.3 Å². The fourth-order valence-electron chi connectivity index (χ4n) is 2.05. The highest BCUT2D eigenvalue weighted by Gasteiger charge is 2.12. The van der Waals surface area contributed by atoms with Crippen molar-refractivity contribution in [3.8, 4) is 0 Å². The first-order chi connectivity index (χ1) is 9.45. The highest BCUT2D eigenvalue weighted by atomic mass is 16.2. The lowest BCUT2D eigenvalue weighted by Crippen LogP contribution is -2.27. The van der Waals surface area contributed by atoms with E-state index in [-0.39, 0.29) is 5.91 Å². The van der Waals surface area contributed by atoms with Crippen LogP contribution in [-0.2, 0) is 17.9 Å². The molecule has 0 saturated carbocycles. The van der Waals surface area contributed by atoms with Crippen LogP contribution in [0.1, 0.15) is 29.5 Å². The quantitative estimate of drug-likeness (QED) is 0.882. The summed E-state index contributed by atoms with van der Waals surface area (Å²) in [5.41, 5.74) is 2.04. The lowest BCUT2D eigenvalue weighted by Gasteiger charge is -2.15. The lowest BCUT2D eigenvalue weighted by molar-refractivity contribution is -0.130. The Bertz CT molecular complexity index is 600. The van der Waals surface area contributed by atoms with Crippen molar-refractivity contribution in [2.24, 2.45) is 0 Å². The van der Waals surface area contributed by atoms with Crippen molar-refractivity contribution < 1.29 is 4.79 Å². The summed E-state index contributed by atoms with van der Waals surface area (Å²) in [4.78, 5) is 17.9. The van der Waals surface area contributed by atoms with Gasteiger partial charge in [-0.25, -0.2) is 4.98 Å². The van der Waals surface area contributed by atoms with Crippen LogP contribution in [-0.4, -0.2) is 42.8 Å². The molecule has 20 heavy (non-hydrogen) atoms. The zero-order chi connectivity index (χ0) is 14.7. The molecule has 0 saturated heterocycles. The molecule has 0 atom stereocenters. The molecule has 0 radical (unpaired) electrons. The summed E-state index contributed by atoms with van der Waals surface area (Å²) >= 11 is 0. The van der Waals surface area contributed by atoms with Gasteiger partial charge in [-0.1, -0.05) is 0 Å². The van der Waals surface area contributed by atoms with Crippen molar-refractivity contribution in [1.82, 2.24) is 29.9 Å². The van der Waals surface area contributed by atoms with Crippen molar-refractivity contribution in [3.63, 3.8) is 0 Å². The van der Waals surface area contributed by atoms with Crippen LogP contribution in [0.2, 0.25) is 0 Å². The number of hydrogen-bond acceptors (Lipinski definition) is 4. The maximum atomic E-state index is 12.1.